The molecule has 0 N–H and O–H groups in total. The minimum atomic E-state index is 0.902. The summed E-state index contributed by atoms with van der Waals surface area (Å²) in [5, 5.41) is 14.4. The van der Waals surface area contributed by atoms with Crippen LogP contribution in [0.4, 0.5) is 0 Å². The summed E-state index contributed by atoms with van der Waals surface area (Å²) in [7, 11) is 4.34. The Morgan fingerprint density at radius 3 is 1.11 bits per heavy atom. The molecular weight excluding hydrogens is 729 g/mol. The average molecular weight is 752 g/mol. The molecule has 0 saturated heterocycles. The van der Waals surface area contributed by atoms with Crippen LogP contribution in [0, 0.1) is 0 Å². The van der Waals surface area contributed by atoms with Gasteiger partial charge < -0.3 is 8.83 Å². The van der Waals surface area contributed by atoms with Crippen LogP contribution in [-0.2, 0) is 0 Å². The van der Waals surface area contributed by atoms with E-state index in [0.29, 0.717) is 0 Å². The van der Waals surface area contributed by atoms with E-state index < -0.39 is 0 Å². The van der Waals surface area contributed by atoms with Gasteiger partial charge in [-0.25, -0.2) is 0 Å². The number of rotatable bonds is 0. The van der Waals surface area contributed by atoms with Crippen LogP contribution in [0.1, 0.15) is 0 Å². The molecule has 0 fully saturated rings. The topological polar surface area (TPSA) is 38.6 Å². The number of fused-ring (bicyclic) bond motifs is 2. The molecule has 0 aliphatic carbocycles. The Balaban J connectivity index is 0.000000128. The quantitative estimate of drug-likeness (QED) is 0.124. The van der Waals surface area contributed by atoms with Crippen LogP contribution in [0.25, 0.3) is 87.0 Å². The zero-order valence-corrected chi connectivity index (χ0v) is 28.8. The zero-order valence-electron chi connectivity index (χ0n) is 24.7. The van der Waals surface area contributed by atoms with Gasteiger partial charge in [0.05, 0.1) is 0 Å². The number of hydrogen-bond donors (Lipinski definition) is 1. The van der Waals surface area contributed by atoms with Crippen molar-refractivity contribution in [2.45, 2.75) is 0 Å². The molecule has 0 atom stereocenters. The van der Waals surface area contributed by atoms with Gasteiger partial charge in [0.2, 0.25) is 0 Å². The van der Waals surface area contributed by atoms with E-state index in [2.05, 4.69) is 166 Å². The van der Waals surface area contributed by atoms with Crippen LogP contribution in [0.5, 0.6) is 0 Å². The maximum atomic E-state index is 6.31. The first-order valence-electron chi connectivity index (χ1n) is 14.9. The molecular formula is C40H23BBr2NO2S. The first-order chi connectivity index (χ1) is 23.1. The standard InChI is InChI=1S/C20H10Br2O.C20H12O.BHNS/c21-15-7-9-17-19-11(3-1-5-13(15)19)12-4-2-6-14-16(22)8-10-18(23-17)20(12)14;1-5-13-7-3-11-17-19(13)15(9-1)16-10-2-6-14-8-4-12-18(21-17)20(14)16;1-2-3/h1-10H;1-12H;3H. The normalized spacial score (nSPS) is 11.4. The van der Waals surface area contributed by atoms with E-state index in [4.69, 9.17) is 8.83 Å². The van der Waals surface area contributed by atoms with Crippen molar-refractivity contribution in [3.05, 3.63) is 142 Å². The molecule has 0 aliphatic rings. The Morgan fingerprint density at radius 1 is 0.404 bits per heavy atom. The molecule has 7 heteroatoms. The Morgan fingerprint density at radius 2 is 0.702 bits per heavy atom. The molecule has 47 heavy (non-hydrogen) atoms. The maximum Gasteiger partial charge on any atom is 0.135 e. The summed E-state index contributed by atoms with van der Waals surface area (Å²) in [6.07, 6.45) is 0. The van der Waals surface area contributed by atoms with Crippen molar-refractivity contribution in [2.75, 3.05) is 0 Å². The molecule has 10 rings (SSSR count). The monoisotopic (exact) mass is 750 g/mol. The van der Waals surface area contributed by atoms with Crippen LogP contribution < -0.4 is 0 Å². The third-order valence-electron chi connectivity index (χ3n) is 8.65. The van der Waals surface area contributed by atoms with Crippen molar-refractivity contribution in [2.24, 2.45) is 4.30 Å². The number of thiol groups is 1. The smallest absolute Gasteiger partial charge is 0.135 e. The van der Waals surface area contributed by atoms with Crippen molar-refractivity contribution in [1.29, 1.82) is 0 Å². The van der Waals surface area contributed by atoms with Crippen LogP contribution >= 0.6 is 44.7 Å². The van der Waals surface area contributed by atoms with Gasteiger partial charge >= 0.3 is 24.8 Å². The second kappa shape index (κ2) is 12.3. The number of halogens is 2. The molecule has 3 nitrogen and oxygen atoms in total. The van der Waals surface area contributed by atoms with Crippen LogP contribution in [-0.4, -0.2) is 7.64 Å². The van der Waals surface area contributed by atoms with E-state index in [-0.39, 0.29) is 0 Å². The third-order valence-corrected chi connectivity index (χ3v) is 10.0. The predicted octanol–water partition coefficient (Wildman–Crippen LogP) is 13.5. The Kier molecular flexibility index (Phi) is 7.84. The van der Waals surface area contributed by atoms with Gasteiger partial charge in [-0.3, -0.25) is 0 Å². The molecule has 1 radical (unpaired) electrons. The molecule has 0 bridgehead atoms. The van der Waals surface area contributed by atoms with E-state index in [1.165, 1.54) is 53.9 Å². The van der Waals surface area contributed by atoms with Gasteiger partial charge in [-0.2, -0.15) is 0 Å². The second-order valence-corrected chi connectivity index (χ2v) is 13.1. The SMILES string of the molecule is Brc1ccc2oc3ccc(Br)c4cccc(c5cccc1c25)c34.[B]=NS.c1cc2cccc3c4cccc5cccc(oc(c1)c23)c54. The van der Waals surface area contributed by atoms with Gasteiger partial charge in [0, 0.05) is 41.3 Å². The molecule has 2 heterocycles. The van der Waals surface area contributed by atoms with E-state index in [9.17, 15) is 0 Å². The fourth-order valence-corrected chi connectivity index (χ4v) is 7.69. The van der Waals surface area contributed by atoms with Crippen molar-refractivity contribution < 1.29 is 8.83 Å². The van der Waals surface area contributed by atoms with Crippen LogP contribution in [0.2, 0.25) is 0 Å². The largest absolute Gasteiger partial charge is 0.456 e. The summed E-state index contributed by atoms with van der Waals surface area (Å²) in [5.41, 5.74) is 3.68. The summed E-state index contributed by atoms with van der Waals surface area (Å²) < 4.78 is 17.4. The zero-order chi connectivity index (χ0) is 32.1. The molecule has 0 saturated carbocycles. The fourth-order valence-electron chi connectivity index (χ4n) is 6.77. The molecule has 0 spiro atoms. The van der Waals surface area contributed by atoms with Crippen molar-refractivity contribution >= 4 is 139 Å². The van der Waals surface area contributed by atoms with Gasteiger partial charge in [-0.05, 0) is 68.7 Å². The van der Waals surface area contributed by atoms with Crippen molar-refractivity contribution in [1.82, 2.24) is 0 Å². The van der Waals surface area contributed by atoms with Crippen LogP contribution in [0.15, 0.2) is 156 Å². The molecule has 0 amide bonds. The fraction of sp³-hybridized carbons (Fsp3) is 0. The summed E-state index contributed by atoms with van der Waals surface area (Å²) in [6.45, 7) is 0. The first kappa shape index (κ1) is 29.9. The summed E-state index contributed by atoms with van der Waals surface area (Å²) in [4.78, 5) is 0. The Labute approximate surface area is 293 Å². The number of benzene rings is 8. The Hall–Kier alpha value is -4.43. The van der Waals surface area contributed by atoms with E-state index in [1.54, 1.807) is 0 Å². The Bertz CT molecular complexity index is 2630. The van der Waals surface area contributed by atoms with Gasteiger partial charge in [-0.1, -0.05) is 129 Å². The van der Waals surface area contributed by atoms with Crippen molar-refractivity contribution in [3.8, 4) is 0 Å². The third kappa shape index (κ3) is 5.05. The minimum Gasteiger partial charge on any atom is -0.456 e. The number of nitrogens with zero attached hydrogens (tertiary/aromatic N) is 1. The first-order valence-corrected chi connectivity index (χ1v) is 16.9. The molecule has 2 aromatic heterocycles. The van der Waals surface area contributed by atoms with Gasteiger partial charge in [-0.15, -0.1) is 0 Å². The summed E-state index contributed by atoms with van der Waals surface area (Å²) in [6, 6.07) is 46.4. The second-order valence-electron chi connectivity index (χ2n) is 11.2. The molecule has 8 aromatic carbocycles. The summed E-state index contributed by atoms with van der Waals surface area (Å²) >= 11 is 10.5. The maximum absolute atomic E-state index is 6.31. The van der Waals surface area contributed by atoms with E-state index in [0.717, 1.165) is 42.0 Å². The average Bonchev–Trinajstić information content (AvgIpc) is 3.33. The van der Waals surface area contributed by atoms with Crippen molar-refractivity contribution in [3.63, 3.8) is 0 Å². The van der Waals surface area contributed by atoms with Crippen LogP contribution in [0.3, 0.4) is 0 Å². The molecule has 0 aliphatic heterocycles. The van der Waals surface area contributed by atoms with Gasteiger partial charge in [0.25, 0.3) is 0 Å². The van der Waals surface area contributed by atoms with Gasteiger partial charge in [0.15, 0.2) is 0 Å². The molecule has 10 aromatic rings. The molecule has 223 valence electrons. The number of hydrogen-bond acceptors (Lipinski definition) is 4. The molecule has 0 unspecified atom stereocenters. The summed E-state index contributed by atoms with van der Waals surface area (Å²) in [5.74, 6) is 0. The van der Waals surface area contributed by atoms with E-state index in [1.807, 2.05) is 24.3 Å². The van der Waals surface area contributed by atoms with E-state index >= 15 is 0 Å². The predicted molar refractivity (Wildman–Crippen MR) is 210 cm³/mol. The van der Waals surface area contributed by atoms with Gasteiger partial charge in [0.1, 0.15) is 22.3 Å². The minimum absolute atomic E-state index is 0.902.